The Morgan fingerprint density at radius 3 is 2.09 bits per heavy atom. The topological polar surface area (TPSA) is 38.3 Å². The quantitative estimate of drug-likeness (QED) is 0.585. The van der Waals surface area contributed by atoms with Gasteiger partial charge in [0.1, 0.15) is 11.5 Å². The van der Waals surface area contributed by atoms with Gasteiger partial charge in [0.25, 0.3) is 5.91 Å². The Balaban J connectivity index is 1.68. The molecule has 1 N–H and O–H groups in total. The molecule has 114 valence electrons. The summed E-state index contributed by atoms with van der Waals surface area (Å²) in [5.74, 6) is 1.39. The Hall–Kier alpha value is -2.34. The molecular weight excluding hydrogens is 401 g/mol. The molecule has 0 bridgehead atoms. The summed E-state index contributed by atoms with van der Waals surface area (Å²) in [5, 5.41) is 2.89. The van der Waals surface area contributed by atoms with Crippen LogP contribution in [0.2, 0.25) is 0 Å². The second-order valence-corrected chi connectivity index (χ2v) is 6.04. The van der Waals surface area contributed by atoms with Crippen LogP contribution in [-0.4, -0.2) is 5.91 Å². The third-order valence-corrected chi connectivity index (χ3v) is 4.15. The summed E-state index contributed by atoms with van der Waals surface area (Å²) in [6.45, 7) is 0. The molecule has 3 rings (SSSR count). The van der Waals surface area contributed by atoms with Crippen LogP contribution in [0.3, 0.4) is 0 Å². The summed E-state index contributed by atoms with van der Waals surface area (Å²) < 4.78 is 6.65. The molecule has 3 nitrogen and oxygen atoms in total. The number of anilines is 1. The van der Waals surface area contributed by atoms with Crippen molar-refractivity contribution in [3.8, 4) is 11.5 Å². The number of halogens is 1. The predicted octanol–water partition coefficient (Wildman–Crippen LogP) is 5.34. The number of carbonyl (C=O) groups is 1. The van der Waals surface area contributed by atoms with E-state index in [1.165, 1.54) is 0 Å². The summed E-state index contributed by atoms with van der Waals surface area (Å²) in [5.41, 5.74) is 1.40. The van der Waals surface area contributed by atoms with Crippen molar-refractivity contribution in [1.29, 1.82) is 0 Å². The molecule has 0 aliphatic rings. The van der Waals surface area contributed by atoms with Gasteiger partial charge in [0, 0.05) is 9.26 Å². The van der Waals surface area contributed by atoms with Crippen LogP contribution in [0.5, 0.6) is 11.5 Å². The van der Waals surface area contributed by atoms with Gasteiger partial charge in [-0.3, -0.25) is 4.79 Å². The molecule has 0 saturated heterocycles. The van der Waals surface area contributed by atoms with Gasteiger partial charge in [-0.1, -0.05) is 30.3 Å². The molecule has 0 atom stereocenters. The van der Waals surface area contributed by atoms with Gasteiger partial charge >= 0.3 is 0 Å². The first-order valence-corrected chi connectivity index (χ1v) is 8.19. The molecule has 0 spiro atoms. The van der Waals surface area contributed by atoms with Gasteiger partial charge in [-0.15, -0.1) is 0 Å². The van der Waals surface area contributed by atoms with Gasteiger partial charge in [-0.05, 0) is 71.1 Å². The number of para-hydroxylation sites is 1. The maximum Gasteiger partial charge on any atom is 0.256 e. The highest BCUT2D eigenvalue weighted by atomic mass is 127. The summed E-state index contributed by atoms with van der Waals surface area (Å²) in [7, 11) is 0. The molecule has 0 aliphatic carbocycles. The van der Waals surface area contributed by atoms with Crippen molar-refractivity contribution in [2.75, 3.05) is 5.32 Å². The number of ether oxygens (including phenoxy) is 1. The van der Waals surface area contributed by atoms with E-state index >= 15 is 0 Å². The van der Waals surface area contributed by atoms with Gasteiger partial charge in [0.2, 0.25) is 0 Å². The first-order valence-electron chi connectivity index (χ1n) is 7.11. The van der Waals surface area contributed by atoms with Gasteiger partial charge in [0.05, 0.1) is 5.56 Å². The van der Waals surface area contributed by atoms with E-state index in [1.807, 2.05) is 78.9 Å². The van der Waals surface area contributed by atoms with Crippen molar-refractivity contribution in [2.45, 2.75) is 0 Å². The summed E-state index contributed by atoms with van der Waals surface area (Å²) in [6.07, 6.45) is 0. The number of hydrogen-bond donors (Lipinski definition) is 1. The van der Waals surface area contributed by atoms with Crippen molar-refractivity contribution < 1.29 is 9.53 Å². The second-order valence-electron chi connectivity index (χ2n) is 4.87. The monoisotopic (exact) mass is 415 g/mol. The summed E-state index contributed by atoms with van der Waals surface area (Å²) in [4.78, 5) is 12.3. The number of benzene rings is 3. The minimum atomic E-state index is -0.119. The normalized spacial score (nSPS) is 10.1. The fourth-order valence-electron chi connectivity index (χ4n) is 2.07. The lowest BCUT2D eigenvalue weighted by atomic mass is 10.2. The van der Waals surface area contributed by atoms with Crippen molar-refractivity contribution in [3.63, 3.8) is 0 Å². The van der Waals surface area contributed by atoms with E-state index in [0.29, 0.717) is 5.56 Å². The smallest absolute Gasteiger partial charge is 0.256 e. The maximum absolute atomic E-state index is 12.3. The van der Waals surface area contributed by atoms with Gasteiger partial charge in [-0.2, -0.15) is 0 Å². The Morgan fingerprint density at radius 1 is 0.783 bits per heavy atom. The molecule has 23 heavy (non-hydrogen) atoms. The minimum Gasteiger partial charge on any atom is -0.457 e. The molecule has 4 heteroatoms. The fraction of sp³-hybridized carbons (Fsp3) is 0. The van der Waals surface area contributed by atoms with E-state index in [9.17, 15) is 4.79 Å². The summed E-state index contributed by atoms with van der Waals surface area (Å²) >= 11 is 2.16. The van der Waals surface area contributed by atoms with Gasteiger partial charge in [0.15, 0.2) is 0 Å². The molecule has 0 heterocycles. The molecule has 0 radical (unpaired) electrons. The molecule has 1 amide bonds. The van der Waals surface area contributed by atoms with Crippen LogP contribution < -0.4 is 10.1 Å². The second kappa shape index (κ2) is 7.28. The minimum absolute atomic E-state index is 0.119. The van der Waals surface area contributed by atoms with Crippen LogP contribution >= 0.6 is 22.6 Å². The number of rotatable bonds is 4. The lowest BCUT2D eigenvalue weighted by Crippen LogP contribution is -2.13. The first-order chi connectivity index (χ1) is 11.2. The number of hydrogen-bond acceptors (Lipinski definition) is 2. The highest BCUT2D eigenvalue weighted by Crippen LogP contribution is 2.23. The Morgan fingerprint density at radius 2 is 1.39 bits per heavy atom. The van der Waals surface area contributed by atoms with Crippen molar-refractivity contribution in [1.82, 2.24) is 0 Å². The number of amides is 1. The molecule has 3 aromatic rings. The van der Waals surface area contributed by atoms with Crippen LogP contribution in [0.1, 0.15) is 10.4 Å². The average Bonchev–Trinajstić information content (AvgIpc) is 2.58. The van der Waals surface area contributed by atoms with E-state index in [-0.39, 0.29) is 5.91 Å². The standard InChI is InChI=1S/C19H14INO2/c20-18-9-5-4-8-17(18)19(22)21-14-10-12-16(13-11-14)23-15-6-2-1-3-7-15/h1-13H,(H,21,22). The van der Waals surface area contributed by atoms with Crippen LogP contribution in [0, 0.1) is 3.57 Å². The average molecular weight is 415 g/mol. The van der Waals surface area contributed by atoms with Crippen LogP contribution in [0.25, 0.3) is 0 Å². The zero-order chi connectivity index (χ0) is 16.1. The number of carbonyl (C=O) groups excluding carboxylic acids is 1. The third-order valence-electron chi connectivity index (χ3n) is 3.21. The SMILES string of the molecule is O=C(Nc1ccc(Oc2ccccc2)cc1)c1ccccc1I. The highest BCUT2D eigenvalue weighted by Gasteiger charge is 2.09. The largest absolute Gasteiger partial charge is 0.457 e. The lowest BCUT2D eigenvalue weighted by molar-refractivity contribution is 0.102. The predicted molar refractivity (Wildman–Crippen MR) is 100 cm³/mol. The van der Waals surface area contributed by atoms with Crippen molar-refractivity contribution in [2.24, 2.45) is 0 Å². The van der Waals surface area contributed by atoms with Crippen molar-refractivity contribution in [3.05, 3.63) is 88.0 Å². The van der Waals surface area contributed by atoms with Crippen molar-refractivity contribution >= 4 is 34.2 Å². The van der Waals surface area contributed by atoms with E-state index in [1.54, 1.807) is 0 Å². The molecule has 0 saturated carbocycles. The number of nitrogens with one attached hydrogen (secondary N) is 1. The lowest BCUT2D eigenvalue weighted by Gasteiger charge is -2.09. The summed E-state index contributed by atoms with van der Waals surface area (Å²) in [6, 6.07) is 24.4. The van der Waals surface area contributed by atoms with E-state index in [2.05, 4.69) is 27.9 Å². The van der Waals surface area contributed by atoms with Crippen LogP contribution in [0.15, 0.2) is 78.9 Å². The Kier molecular flexibility index (Phi) is 4.92. The Bertz CT molecular complexity index is 801. The van der Waals surface area contributed by atoms with E-state index < -0.39 is 0 Å². The zero-order valence-corrected chi connectivity index (χ0v) is 14.4. The zero-order valence-electron chi connectivity index (χ0n) is 12.2. The van der Waals surface area contributed by atoms with Crippen LogP contribution in [-0.2, 0) is 0 Å². The molecule has 0 aliphatic heterocycles. The Labute approximate surface area is 148 Å². The third kappa shape index (κ3) is 4.10. The van der Waals surface area contributed by atoms with E-state index in [0.717, 1.165) is 20.8 Å². The van der Waals surface area contributed by atoms with Gasteiger partial charge < -0.3 is 10.1 Å². The molecule has 0 aromatic heterocycles. The van der Waals surface area contributed by atoms with E-state index in [4.69, 9.17) is 4.74 Å². The highest BCUT2D eigenvalue weighted by molar-refractivity contribution is 14.1. The van der Waals surface area contributed by atoms with Gasteiger partial charge in [-0.25, -0.2) is 0 Å². The molecule has 0 unspecified atom stereocenters. The maximum atomic E-state index is 12.3. The van der Waals surface area contributed by atoms with Crippen LogP contribution in [0.4, 0.5) is 5.69 Å². The molecule has 0 fully saturated rings. The first kappa shape index (κ1) is 15.6. The molecular formula is C19H14INO2. The molecule has 3 aromatic carbocycles. The fourth-order valence-corrected chi connectivity index (χ4v) is 2.71.